The van der Waals surface area contributed by atoms with E-state index in [1.807, 2.05) is 19.1 Å². The van der Waals surface area contributed by atoms with Crippen LogP contribution in [0, 0.1) is 0 Å². The standard InChI is InChI=1S/C17H18ClN5O2/c1-3-14(11-4-6-12(18)7-5-11)21-15(24)9-23-10-19-16-13(17(23)25)8-20-22(16)2/h4-8,10,14H,3,9H2,1-2H3,(H,21,24)/t14-/m0/s1. The van der Waals surface area contributed by atoms with Gasteiger partial charge in [-0.05, 0) is 24.1 Å². The molecule has 1 amide bonds. The number of hydrogen-bond donors (Lipinski definition) is 1. The van der Waals surface area contributed by atoms with Gasteiger partial charge in [-0.3, -0.25) is 18.8 Å². The van der Waals surface area contributed by atoms with Crippen LogP contribution in [0.4, 0.5) is 0 Å². The normalized spacial score (nSPS) is 12.3. The fourth-order valence-corrected chi connectivity index (χ4v) is 2.82. The third-order valence-corrected chi connectivity index (χ3v) is 4.30. The smallest absolute Gasteiger partial charge is 0.264 e. The third-order valence-electron chi connectivity index (χ3n) is 4.05. The lowest BCUT2D eigenvalue weighted by atomic mass is 10.0. The zero-order chi connectivity index (χ0) is 18.0. The first-order chi connectivity index (χ1) is 12.0. The van der Waals surface area contributed by atoms with E-state index in [4.69, 9.17) is 11.6 Å². The molecule has 8 heteroatoms. The van der Waals surface area contributed by atoms with Gasteiger partial charge in [0, 0.05) is 12.1 Å². The number of carbonyl (C=O) groups excluding carboxylic acids is 1. The Morgan fingerprint density at radius 1 is 1.32 bits per heavy atom. The molecule has 1 atom stereocenters. The van der Waals surface area contributed by atoms with E-state index in [0.29, 0.717) is 16.1 Å². The average molecular weight is 360 g/mol. The minimum atomic E-state index is -0.284. The zero-order valence-electron chi connectivity index (χ0n) is 13.9. The van der Waals surface area contributed by atoms with Crippen molar-refractivity contribution in [3.8, 4) is 0 Å². The molecular weight excluding hydrogens is 342 g/mol. The van der Waals surface area contributed by atoms with Crippen molar-refractivity contribution < 1.29 is 4.79 Å². The molecule has 0 radical (unpaired) electrons. The van der Waals surface area contributed by atoms with Crippen molar-refractivity contribution in [2.75, 3.05) is 0 Å². The molecule has 130 valence electrons. The lowest BCUT2D eigenvalue weighted by Crippen LogP contribution is -2.34. The van der Waals surface area contributed by atoms with E-state index in [-0.39, 0.29) is 24.1 Å². The molecule has 7 nitrogen and oxygen atoms in total. The Morgan fingerprint density at radius 2 is 2.04 bits per heavy atom. The quantitative estimate of drug-likeness (QED) is 0.756. The Labute approximate surface area is 149 Å². The van der Waals surface area contributed by atoms with E-state index < -0.39 is 0 Å². The first-order valence-electron chi connectivity index (χ1n) is 7.91. The molecule has 25 heavy (non-hydrogen) atoms. The van der Waals surface area contributed by atoms with Crippen molar-refractivity contribution in [2.45, 2.75) is 25.9 Å². The molecule has 0 fully saturated rings. The van der Waals surface area contributed by atoms with Crippen LogP contribution in [-0.4, -0.2) is 25.2 Å². The highest BCUT2D eigenvalue weighted by Gasteiger charge is 2.15. The van der Waals surface area contributed by atoms with Crippen molar-refractivity contribution in [1.29, 1.82) is 0 Å². The second-order valence-corrected chi connectivity index (χ2v) is 6.20. The topological polar surface area (TPSA) is 81.8 Å². The van der Waals surface area contributed by atoms with Crippen LogP contribution in [0.3, 0.4) is 0 Å². The SMILES string of the molecule is CC[C@H](NC(=O)Cn1cnc2c(cnn2C)c1=O)c1ccc(Cl)cc1. The predicted octanol–water partition coefficient (Wildman–Crippen LogP) is 2.05. The van der Waals surface area contributed by atoms with Crippen molar-refractivity contribution >= 4 is 28.5 Å². The number of rotatable bonds is 5. The lowest BCUT2D eigenvalue weighted by molar-refractivity contribution is -0.122. The highest BCUT2D eigenvalue weighted by molar-refractivity contribution is 6.30. The Balaban J connectivity index is 1.76. The molecule has 3 aromatic rings. The summed E-state index contributed by atoms with van der Waals surface area (Å²) in [5.74, 6) is -0.256. The van der Waals surface area contributed by atoms with Gasteiger partial charge in [0.25, 0.3) is 5.56 Å². The van der Waals surface area contributed by atoms with Gasteiger partial charge in [0.1, 0.15) is 18.3 Å². The Kier molecular flexibility index (Phi) is 4.85. The Hall–Kier alpha value is -2.67. The van der Waals surface area contributed by atoms with Gasteiger partial charge < -0.3 is 5.32 Å². The van der Waals surface area contributed by atoms with Crippen LogP contribution in [0.5, 0.6) is 0 Å². The number of aromatic nitrogens is 4. The van der Waals surface area contributed by atoms with Crippen LogP contribution in [0.2, 0.25) is 5.02 Å². The first-order valence-corrected chi connectivity index (χ1v) is 8.29. The van der Waals surface area contributed by atoms with E-state index in [0.717, 1.165) is 12.0 Å². The van der Waals surface area contributed by atoms with Gasteiger partial charge in [-0.1, -0.05) is 30.7 Å². The van der Waals surface area contributed by atoms with Crippen LogP contribution in [-0.2, 0) is 18.4 Å². The summed E-state index contributed by atoms with van der Waals surface area (Å²) in [5.41, 5.74) is 1.18. The molecule has 0 unspecified atom stereocenters. The summed E-state index contributed by atoms with van der Waals surface area (Å²) in [4.78, 5) is 29.0. The second kappa shape index (κ2) is 7.06. The summed E-state index contributed by atoms with van der Waals surface area (Å²) in [6.07, 6.45) is 3.55. The number of nitrogens with one attached hydrogen (secondary N) is 1. The molecule has 1 aromatic carbocycles. The van der Waals surface area contributed by atoms with Gasteiger partial charge in [-0.25, -0.2) is 4.98 Å². The predicted molar refractivity (Wildman–Crippen MR) is 95.4 cm³/mol. The van der Waals surface area contributed by atoms with Crippen molar-refractivity contribution in [3.63, 3.8) is 0 Å². The van der Waals surface area contributed by atoms with Gasteiger partial charge >= 0.3 is 0 Å². The van der Waals surface area contributed by atoms with Gasteiger partial charge in [-0.2, -0.15) is 5.10 Å². The second-order valence-electron chi connectivity index (χ2n) is 5.76. The molecule has 2 aromatic heterocycles. The molecule has 0 aliphatic heterocycles. The number of benzene rings is 1. The van der Waals surface area contributed by atoms with Crippen LogP contribution < -0.4 is 10.9 Å². The highest BCUT2D eigenvalue weighted by atomic mass is 35.5. The minimum Gasteiger partial charge on any atom is -0.348 e. The fraction of sp³-hybridized carbons (Fsp3) is 0.294. The minimum absolute atomic E-state index is 0.0965. The summed E-state index contributed by atoms with van der Waals surface area (Å²) in [7, 11) is 1.71. The van der Waals surface area contributed by atoms with Gasteiger partial charge in [-0.15, -0.1) is 0 Å². The molecule has 0 aliphatic carbocycles. The molecule has 3 rings (SSSR count). The average Bonchev–Trinajstić information content (AvgIpc) is 2.98. The van der Waals surface area contributed by atoms with Crippen LogP contribution >= 0.6 is 11.6 Å². The number of halogens is 1. The van der Waals surface area contributed by atoms with E-state index in [1.165, 1.54) is 21.8 Å². The van der Waals surface area contributed by atoms with Crippen LogP contribution in [0.1, 0.15) is 24.9 Å². The molecule has 0 saturated carbocycles. The van der Waals surface area contributed by atoms with Crippen LogP contribution in [0.25, 0.3) is 11.0 Å². The third kappa shape index (κ3) is 3.56. The van der Waals surface area contributed by atoms with E-state index >= 15 is 0 Å². The fourth-order valence-electron chi connectivity index (χ4n) is 2.69. The summed E-state index contributed by atoms with van der Waals surface area (Å²) < 4.78 is 2.81. The summed E-state index contributed by atoms with van der Waals surface area (Å²) in [5, 5.41) is 7.99. The monoisotopic (exact) mass is 359 g/mol. The van der Waals surface area contributed by atoms with Crippen LogP contribution in [0.15, 0.2) is 41.6 Å². The number of amides is 1. The van der Waals surface area contributed by atoms with Crippen molar-refractivity contribution in [2.24, 2.45) is 7.05 Å². The van der Waals surface area contributed by atoms with Gasteiger partial charge in [0.2, 0.25) is 5.91 Å². The van der Waals surface area contributed by atoms with E-state index in [2.05, 4.69) is 15.4 Å². The number of fused-ring (bicyclic) bond motifs is 1. The maximum Gasteiger partial charge on any atom is 0.264 e. The van der Waals surface area contributed by atoms with E-state index in [9.17, 15) is 9.59 Å². The molecule has 0 aliphatic rings. The number of nitrogens with zero attached hydrogens (tertiary/aromatic N) is 4. The molecule has 0 saturated heterocycles. The Morgan fingerprint density at radius 3 is 2.72 bits per heavy atom. The van der Waals surface area contributed by atoms with Gasteiger partial charge in [0.05, 0.1) is 12.2 Å². The maximum absolute atomic E-state index is 12.4. The molecule has 0 spiro atoms. The Bertz CT molecular complexity index is 961. The summed E-state index contributed by atoms with van der Waals surface area (Å²) in [6.45, 7) is 1.88. The lowest BCUT2D eigenvalue weighted by Gasteiger charge is -2.18. The van der Waals surface area contributed by atoms with Crippen molar-refractivity contribution in [1.82, 2.24) is 24.6 Å². The van der Waals surface area contributed by atoms with Gasteiger partial charge in [0.15, 0.2) is 5.65 Å². The highest BCUT2D eigenvalue weighted by Crippen LogP contribution is 2.19. The largest absolute Gasteiger partial charge is 0.348 e. The maximum atomic E-state index is 12.4. The number of hydrogen-bond acceptors (Lipinski definition) is 4. The molecular formula is C17H18ClN5O2. The summed E-state index contributed by atoms with van der Waals surface area (Å²) >= 11 is 5.90. The number of carbonyl (C=O) groups is 1. The molecule has 1 N–H and O–H groups in total. The van der Waals surface area contributed by atoms with E-state index in [1.54, 1.807) is 19.2 Å². The zero-order valence-corrected chi connectivity index (χ0v) is 14.7. The first kappa shape index (κ1) is 17.2. The number of aryl methyl sites for hydroxylation is 1. The van der Waals surface area contributed by atoms with Crippen molar-refractivity contribution in [3.05, 3.63) is 57.7 Å². The molecule has 0 bridgehead atoms. The summed E-state index contributed by atoms with van der Waals surface area (Å²) in [6, 6.07) is 7.20. The molecule has 2 heterocycles.